The van der Waals surface area contributed by atoms with Crippen LogP contribution >= 0.6 is 13.5 Å². The molecule has 5 rings (SSSR count). The zero-order valence-corrected chi connectivity index (χ0v) is 23.7. The van der Waals surface area contributed by atoms with Crippen LogP contribution in [0.15, 0.2) is 12.1 Å². The SMILES string of the molecule is C.C.Cc1nc(NC2CC(N(Cc3cc(F)c(F)c(F)c3)CC3CCOC3)C2)nc2c1NC(=O)[C@H](C(C)C)N2C.S. The third-order valence-electron chi connectivity index (χ3n) is 7.88. The van der Waals surface area contributed by atoms with Crippen LogP contribution < -0.4 is 15.5 Å². The average Bonchev–Trinajstić information content (AvgIpc) is 3.33. The standard InChI is InChI=1S/C27H35F3N6O2.2CH4.H2S/c1-14(2)24-26(37)33-23-15(3)31-27(34-25(23)35(24)4)32-18-9-19(10-18)36(11-16-5-6-38-13-16)12-17-7-20(28)22(30)21(29)8-17;;;/h7-8,14,16,18-19,24H,5-6,9-13H2,1-4H3,(H,33,37)(H,31,32,34);2*1H4;1H2/t16?,18?,19?,24-;;;/m0.../s1. The van der Waals surface area contributed by atoms with Gasteiger partial charge in [-0.1, -0.05) is 28.7 Å². The number of hydrogen-bond donors (Lipinski definition) is 2. The van der Waals surface area contributed by atoms with Gasteiger partial charge in [0, 0.05) is 38.8 Å². The lowest BCUT2D eigenvalue weighted by Crippen LogP contribution is -2.51. The lowest BCUT2D eigenvalue weighted by atomic mass is 9.84. The van der Waals surface area contributed by atoms with Gasteiger partial charge in [0.15, 0.2) is 23.3 Å². The maximum Gasteiger partial charge on any atom is 0.247 e. The number of fused-ring (bicyclic) bond motifs is 1. The van der Waals surface area contributed by atoms with E-state index in [2.05, 4.69) is 20.5 Å². The van der Waals surface area contributed by atoms with Crippen molar-refractivity contribution >= 4 is 36.9 Å². The van der Waals surface area contributed by atoms with Crippen molar-refractivity contribution in [2.75, 3.05) is 42.3 Å². The van der Waals surface area contributed by atoms with Crippen LogP contribution in [-0.2, 0) is 16.1 Å². The van der Waals surface area contributed by atoms with E-state index in [1.807, 2.05) is 32.7 Å². The monoisotopic (exact) mass is 598 g/mol. The number of likely N-dealkylation sites (N-methyl/N-ethyl adjacent to an activating group) is 1. The summed E-state index contributed by atoms with van der Waals surface area (Å²) < 4.78 is 46.7. The summed E-state index contributed by atoms with van der Waals surface area (Å²) in [6, 6.07) is 2.16. The van der Waals surface area contributed by atoms with E-state index >= 15 is 0 Å². The molecular weight excluding hydrogens is 553 g/mol. The van der Waals surface area contributed by atoms with Crippen molar-refractivity contribution in [2.45, 2.75) is 79.6 Å². The molecule has 230 valence electrons. The Balaban J connectivity index is 0.00000196. The Morgan fingerprint density at radius 1 is 1.17 bits per heavy atom. The van der Waals surface area contributed by atoms with Gasteiger partial charge < -0.3 is 20.3 Å². The minimum absolute atomic E-state index is 0. The molecule has 3 heterocycles. The maximum absolute atomic E-state index is 13.9. The van der Waals surface area contributed by atoms with Gasteiger partial charge in [0.2, 0.25) is 11.9 Å². The van der Waals surface area contributed by atoms with Gasteiger partial charge in [0.05, 0.1) is 12.3 Å². The molecule has 41 heavy (non-hydrogen) atoms. The first-order valence-electron chi connectivity index (χ1n) is 13.2. The number of ether oxygens (including phenoxy) is 1. The van der Waals surface area contributed by atoms with Crippen LogP contribution in [0.5, 0.6) is 0 Å². The fourth-order valence-electron chi connectivity index (χ4n) is 5.80. The van der Waals surface area contributed by atoms with Crippen molar-refractivity contribution in [3.8, 4) is 0 Å². The number of hydrogen-bond acceptors (Lipinski definition) is 7. The molecule has 1 aromatic heterocycles. The molecule has 2 fully saturated rings. The van der Waals surface area contributed by atoms with Crippen molar-refractivity contribution in [3.63, 3.8) is 0 Å². The summed E-state index contributed by atoms with van der Waals surface area (Å²) in [5.74, 6) is -2.17. The normalized spacial score (nSPS) is 23.1. The van der Waals surface area contributed by atoms with E-state index in [9.17, 15) is 18.0 Å². The van der Waals surface area contributed by atoms with Gasteiger partial charge in [-0.15, -0.1) is 0 Å². The Morgan fingerprint density at radius 2 is 1.83 bits per heavy atom. The number of amides is 1. The second-order valence-corrected chi connectivity index (χ2v) is 11.1. The Labute approximate surface area is 248 Å². The van der Waals surface area contributed by atoms with E-state index in [1.54, 1.807) is 0 Å². The van der Waals surface area contributed by atoms with Gasteiger partial charge in [-0.05, 0) is 55.7 Å². The summed E-state index contributed by atoms with van der Waals surface area (Å²) in [6.45, 7) is 8.32. The van der Waals surface area contributed by atoms with Gasteiger partial charge >= 0.3 is 0 Å². The van der Waals surface area contributed by atoms with Crippen molar-refractivity contribution < 1.29 is 22.7 Å². The molecule has 0 spiro atoms. The predicted molar refractivity (Wildman–Crippen MR) is 162 cm³/mol. The number of rotatable bonds is 8. The second kappa shape index (κ2) is 14.1. The molecule has 0 bridgehead atoms. The van der Waals surface area contributed by atoms with Crippen LogP contribution in [0.3, 0.4) is 0 Å². The number of nitrogens with zero attached hydrogens (tertiary/aromatic N) is 4. The molecule has 1 amide bonds. The maximum atomic E-state index is 13.9. The number of carbonyl (C=O) groups is 1. The first kappa shape index (κ1) is 34.6. The van der Waals surface area contributed by atoms with Crippen molar-refractivity contribution in [1.82, 2.24) is 14.9 Å². The summed E-state index contributed by atoms with van der Waals surface area (Å²) in [5, 5.41) is 6.39. The molecule has 1 saturated carbocycles. The summed E-state index contributed by atoms with van der Waals surface area (Å²) in [6.07, 6.45) is 2.56. The van der Waals surface area contributed by atoms with Crippen molar-refractivity contribution in [1.29, 1.82) is 0 Å². The highest BCUT2D eigenvalue weighted by molar-refractivity contribution is 7.59. The van der Waals surface area contributed by atoms with Crippen molar-refractivity contribution in [2.24, 2.45) is 11.8 Å². The number of aromatic nitrogens is 2. The molecule has 0 radical (unpaired) electrons. The summed E-state index contributed by atoms with van der Waals surface area (Å²) in [4.78, 5) is 26.0. The molecule has 2 atom stereocenters. The van der Waals surface area contributed by atoms with E-state index in [-0.39, 0.29) is 58.3 Å². The highest BCUT2D eigenvalue weighted by Gasteiger charge is 2.38. The molecule has 2 aliphatic heterocycles. The minimum Gasteiger partial charge on any atom is -0.381 e. The molecule has 2 N–H and O–H groups in total. The zero-order chi connectivity index (χ0) is 27.1. The van der Waals surface area contributed by atoms with E-state index in [0.717, 1.165) is 44.5 Å². The highest BCUT2D eigenvalue weighted by atomic mass is 32.1. The van der Waals surface area contributed by atoms with Crippen LogP contribution in [0, 0.1) is 36.2 Å². The van der Waals surface area contributed by atoms with Gasteiger partial charge in [-0.2, -0.15) is 18.5 Å². The Morgan fingerprint density at radius 3 is 2.41 bits per heavy atom. The molecule has 3 aliphatic rings. The first-order chi connectivity index (χ1) is 18.1. The molecule has 1 aromatic carbocycles. The van der Waals surface area contributed by atoms with E-state index in [1.165, 1.54) is 0 Å². The Hall–Kier alpha value is -2.57. The lowest BCUT2D eigenvalue weighted by molar-refractivity contribution is -0.118. The summed E-state index contributed by atoms with van der Waals surface area (Å²) in [5.41, 5.74) is 1.74. The number of benzene rings is 1. The molecule has 1 unspecified atom stereocenters. The average molecular weight is 599 g/mol. The number of aryl methyl sites for hydroxylation is 1. The fraction of sp³-hybridized carbons (Fsp3) is 0.621. The number of carbonyl (C=O) groups excluding carboxylic acids is 1. The van der Waals surface area contributed by atoms with E-state index in [4.69, 9.17) is 9.72 Å². The summed E-state index contributed by atoms with van der Waals surface area (Å²) >= 11 is 0. The number of halogens is 3. The molecule has 1 aliphatic carbocycles. The van der Waals surface area contributed by atoms with Crippen LogP contribution in [-0.4, -0.2) is 65.7 Å². The molecule has 12 heteroatoms. The largest absolute Gasteiger partial charge is 0.381 e. The predicted octanol–water partition coefficient (Wildman–Crippen LogP) is 5.48. The molecule has 8 nitrogen and oxygen atoms in total. The third kappa shape index (κ3) is 7.26. The van der Waals surface area contributed by atoms with Crippen LogP contribution in [0.1, 0.15) is 59.2 Å². The zero-order valence-electron chi connectivity index (χ0n) is 22.7. The van der Waals surface area contributed by atoms with Gasteiger partial charge in [0.1, 0.15) is 11.7 Å². The van der Waals surface area contributed by atoms with Gasteiger partial charge in [0.25, 0.3) is 0 Å². The third-order valence-corrected chi connectivity index (χ3v) is 7.88. The topological polar surface area (TPSA) is 82.6 Å². The van der Waals surface area contributed by atoms with E-state index < -0.39 is 17.5 Å². The van der Waals surface area contributed by atoms with Gasteiger partial charge in [-0.25, -0.2) is 18.2 Å². The van der Waals surface area contributed by atoms with Crippen molar-refractivity contribution in [3.05, 3.63) is 40.8 Å². The fourth-order valence-corrected chi connectivity index (χ4v) is 5.80. The smallest absolute Gasteiger partial charge is 0.247 e. The Kier molecular flexibility index (Phi) is 11.9. The lowest BCUT2D eigenvalue weighted by Gasteiger charge is -2.44. The Bertz CT molecular complexity index is 1180. The second-order valence-electron chi connectivity index (χ2n) is 11.1. The summed E-state index contributed by atoms with van der Waals surface area (Å²) in [7, 11) is 1.88. The van der Waals surface area contributed by atoms with Crippen LogP contribution in [0.25, 0.3) is 0 Å². The van der Waals surface area contributed by atoms with Crippen LogP contribution in [0.2, 0.25) is 0 Å². The number of anilines is 3. The van der Waals surface area contributed by atoms with Crippen LogP contribution in [0.4, 0.5) is 30.6 Å². The molecular formula is C29H45F3N6O2S. The number of nitrogens with one attached hydrogen (secondary N) is 2. The van der Waals surface area contributed by atoms with E-state index in [0.29, 0.717) is 47.8 Å². The molecule has 2 aromatic rings. The molecule has 1 saturated heterocycles. The first-order valence-corrected chi connectivity index (χ1v) is 13.2. The quantitative estimate of drug-likeness (QED) is 0.390. The van der Waals surface area contributed by atoms with Gasteiger partial charge in [-0.3, -0.25) is 9.69 Å². The highest BCUT2D eigenvalue weighted by Crippen LogP contribution is 2.36. The minimum atomic E-state index is -1.44.